The average Bonchev–Trinajstić information content (AvgIpc) is 3.49. The minimum absolute atomic E-state index is 0.156. The summed E-state index contributed by atoms with van der Waals surface area (Å²) in [7, 11) is 1.70. The number of aryl methyl sites for hydroxylation is 1. The van der Waals surface area contributed by atoms with Gasteiger partial charge in [-0.05, 0) is 31.2 Å². The van der Waals surface area contributed by atoms with Crippen LogP contribution < -0.4 is 4.90 Å². The number of hydrogen-bond donors (Lipinski definition) is 0. The lowest BCUT2D eigenvalue weighted by atomic mass is 9.76. The molecule has 2 amide bonds. The number of ether oxygens (including phenoxy) is 1. The SMILES string of the molecule is CCn1cnnc1CN(C)C(=O)[C@H]1[C@@H]2C=C[C@@]3(CN(c4ccc(F)cc4)C(=O)[C@H]13)O2. The molecule has 2 bridgehead atoms. The number of benzene rings is 1. The fraction of sp³-hybridized carbons (Fsp3) is 0.429. The summed E-state index contributed by atoms with van der Waals surface area (Å²) in [4.78, 5) is 29.9. The van der Waals surface area contributed by atoms with Gasteiger partial charge in [-0.1, -0.05) is 12.2 Å². The zero-order chi connectivity index (χ0) is 21.0. The Morgan fingerprint density at radius 3 is 2.87 bits per heavy atom. The lowest BCUT2D eigenvalue weighted by Gasteiger charge is -2.27. The number of amides is 2. The first-order valence-corrected chi connectivity index (χ1v) is 9.99. The predicted molar refractivity (Wildman–Crippen MR) is 105 cm³/mol. The van der Waals surface area contributed by atoms with E-state index < -0.39 is 23.5 Å². The molecule has 2 saturated heterocycles. The van der Waals surface area contributed by atoms with Gasteiger partial charge in [-0.2, -0.15) is 0 Å². The van der Waals surface area contributed by atoms with Gasteiger partial charge >= 0.3 is 0 Å². The molecule has 2 fully saturated rings. The molecule has 0 aliphatic carbocycles. The third kappa shape index (κ3) is 2.68. The second-order valence-electron chi connectivity index (χ2n) is 8.03. The highest BCUT2D eigenvalue weighted by Gasteiger charge is 2.67. The Bertz CT molecular complexity index is 1040. The molecule has 4 heterocycles. The van der Waals surface area contributed by atoms with Gasteiger partial charge in [0, 0.05) is 19.3 Å². The molecule has 3 aliphatic rings. The van der Waals surface area contributed by atoms with E-state index in [0.717, 1.165) is 0 Å². The van der Waals surface area contributed by atoms with Gasteiger partial charge in [0.05, 0.1) is 31.0 Å². The molecule has 0 unspecified atom stereocenters. The van der Waals surface area contributed by atoms with Crippen molar-refractivity contribution >= 4 is 17.5 Å². The molecule has 1 spiro atoms. The predicted octanol–water partition coefficient (Wildman–Crippen LogP) is 1.38. The maximum atomic E-state index is 13.4. The standard InChI is InChI=1S/C21H22FN5O3/c1-3-26-12-23-24-16(26)10-25(2)19(28)17-15-8-9-21(30-15)11-27(20(29)18(17)21)14-6-4-13(22)5-7-14/h4-9,12,15,17-18H,3,10-11H2,1-2H3/t15-,17-,18-,21-/m0/s1. The second kappa shape index (κ2) is 6.73. The monoisotopic (exact) mass is 411 g/mol. The number of carbonyl (C=O) groups is 2. The van der Waals surface area contributed by atoms with Gasteiger partial charge in [0.15, 0.2) is 5.82 Å². The van der Waals surface area contributed by atoms with Gasteiger partial charge in [-0.15, -0.1) is 10.2 Å². The molecule has 0 N–H and O–H groups in total. The van der Waals surface area contributed by atoms with E-state index in [1.54, 1.807) is 35.3 Å². The van der Waals surface area contributed by atoms with E-state index in [0.29, 0.717) is 31.1 Å². The third-order valence-electron chi connectivity index (χ3n) is 6.32. The lowest BCUT2D eigenvalue weighted by molar-refractivity contribution is -0.139. The lowest BCUT2D eigenvalue weighted by Crippen LogP contribution is -2.44. The Labute approximate surface area is 172 Å². The van der Waals surface area contributed by atoms with Crippen molar-refractivity contribution in [3.8, 4) is 0 Å². The number of fused-ring (bicyclic) bond motifs is 1. The Balaban J connectivity index is 1.40. The van der Waals surface area contributed by atoms with Crippen molar-refractivity contribution in [1.29, 1.82) is 0 Å². The summed E-state index contributed by atoms with van der Waals surface area (Å²) in [6, 6.07) is 5.79. The fourth-order valence-corrected chi connectivity index (χ4v) is 4.83. The zero-order valence-electron chi connectivity index (χ0n) is 16.7. The quantitative estimate of drug-likeness (QED) is 0.695. The van der Waals surface area contributed by atoms with Crippen LogP contribution in [0.2, 0.25) is 0 Å². The summed E-state index contributed by atoms with van der Waals surface area (Å²) in [5.41, 5.74) is -0.220. The van der Waals surface area contributed by atoms with E-state index in [4.69, 9.17) is 4.74 Å². The van der Waals surface area contributed by atoms with Crippen molar-refractivity contribution in [1.82, 2.24) is 19.7 Å². The molecule has 1 aromatic heterocycles. The molecule has 30 heavy (non-hydrogen) atoms. The minimum Gasteiger partial charge on any atom is -0.360 e. The molecule has 156 valence electrons. The van der Waals surface area contributed by atoms with Crippen LogP contribution in [0.15, 0.2) is 42.7 Å². The van der Waals surface area contributed by atoms with E-state index in [2.05, 4.69) is 10.2 Å². The van der Waals surface area contributed by atoms with Gasteiger partial charge in [-0.25, -0.2) is 4.39 Å². The van der Waals surface area contributed by atoms with Crippen LogP contribution in [0.25, 0.3) is 0 Å². The van der Waals surface area contributed by atoms with Gasteiger partial charge < -0.3 is 19.1 Å². The van der Waals surface area contributed by atoms with Crippen LogP contribution in [0.3, 0.4) is 0 Å². The Hall–Kier alpha value is -3.07. The van der Waals surface area contributed by atoms with Gasteiger partial charge in [0.2, 0.25) is 11.8 Å². The molecule has 1 aromatic carbocycles. The average molecular weight is 411 g/mol. The fourth-order valence-electron chi connectivity index (χ4n) is 4.83. The highest BCUT2D eigenvalue weighted by Crippen LogP contribution is 2.53. The van der Waals surface area contributed by atoms with Crippen molar-refractivity contribution in [3.05, 3.63) is 54.4 Å². The molecule has 0 radical (unpaired) electrons. The zero-order valence-corrected chi connectivity index (χ0v) is 16.7. The normalized spacial score (nSPS) is 29.0. The van der Waals surface area contributed by atoms with E-state index in [9.17, 15) is 14.0 Å². The summed E-state index contributed by atoms with van der Waals surface area (Å²) in [6.45, 7) is 3.30. The number of carbonyl (C=O) groups excluding carboxylic acids is 2. The molecular formula is C21H22FN5O3. The molecule has 4 atom stereocenters. The first kappa shape index (κ1) is 18.9. The van der Waals surface area contributed by atoms with Crippen molar-refractivity contribution in [3.63, 3.8) is 0 Å². The Morgan fingerprint density at radius 2 is 2.13 bits per heavy atom. The molecule has 9 heteroatoms. The third-order valence-corrected chi connectivity index (χ3v) is 6.32. The van der Waals surface area contributed by atoms with Crippen molar-refractivity contribution in [2.24, 2.45) is 11.8 Å². The molecule has 0 saturated carbocycles. The number of hydrogen-bond acceptors (Lipinski definition) is 5. The van der Waals surface area contributed by atoms with Crippen LogP contribution in [0, 0.1) is 17.7 Å². The Morgan fingerprint density at radius 1 is 1.37 bits per heavy atom. The molecule has 5 rings (SSSR count). The Kier molecular flexibility index (Phi) is 4.25. The molecule has 3 aliphatic heterocycles. The van der Waals surface area contributed by atoms with Gasteiger partial charge in [0.1, 0.15) is 17.7 Å². The van der Waals surface area contributed by atoms with E-state index >= 15 is 0 Å². The van der Waals surface area contributed by atoms with Crippen LogP contribution in [-0.4, -0.2) is 56.8 Å². The maximum Gasteiger partial charge on any atom is 0.234 e. The summed E-state index contributed by atoms with van der Waals surface area (Å²) in [5.74, 6) is -1.20. The van der Waals surface area contributed by atoms with Crippen molar-refractivity contribution in [2.75, 3.05) is 18.5 Å². The van der Waals surface area contributed by atoms with Crippen LogP contribution in [0.5, 0.6) is 0 Å². The summed E-state index contributed by atoms with van der Waals surface area (Å²) in [5, 5.41) is 8.00. The van der Waals surface area contributed by atoms with Crippen molar-refractivity contribution in [2.45, 2.75) is 31.7 Å². The number of rotatable bonds is 5. The van der Waals surface area contributed by atoms with Gasteiger partial charge in [0.25, 0.3) is 0 Å². The smallest absolute Gasteiger partial charge is 0.234 e. The highest BCUT2D eigenvalue weighted by atomic mass is 19.1. The topological polar surface area (TPSA) is 80.6 Å². The summed E-state index contributed by atoms with van der Waals surface area (Å²) >= 11 is 0. The first-order chi connectivity index (χ1) is 14.4. The number of halogens is 1. The van der Waals surface area contributed by atoms with E-state index in [-0.39, 0.29) is 17.6 Å². The number of aromatic nitrogens is 3. The number of anilines is 1. The first-order valence-electron chi connectivity index (χ1n) is 9.99. The van der Waals surface area contributed by atoms with Crippen molar-refractivity contribution < 1.29 is 18.7 Å². The molecule has 2 aromatic rings. The molecular weight excluding hydrogens is 389 g/mol. The summed E-state index contributed by atoms with van der Waals surface area (Å²) < 4.78 is 21.4. The van der Waals surface area contributed by atoms with Crippen LogP contribution in [0.4, 0.5) is 10.1 Å². The summed E-state index contributed by atoms with van der Waals surface area (Å²) in [6.07, 6.45) is 4.99. The second-order valence-corrected chi connectivity index (χ2v) is 8.03. The largest absolute Gasteiger partial charge is 0.360 e. The highest BCUT2D eigenvalue weighted by molar-refractivity contribution is 6.03. The van der Waals surface area contributed by atoms with Crippen LogP contribution >= 0.6 is 0 Å². The number of nitrogens with zero attached hydrogens (tertiary/aromatic N) is 5. The van der Waals surface area contributed by atoms with Crippen LogP contribution in [-0.2, 0) is 27.4 Å². The van der Waals surface area contributed by atoms with Crippen LogP contribution in [0.1, 0.15) is 12.7 Å². The minimum atomic E-state index is -0.819. The van der Waals surface area contributed by atoms with E-state index in [1.165, 1.54) is 12.1 Å². The van der Waals surface area contributed by atoms with Gasteiger partial charge in [-0.3, -0.25) is 9.59 Å². The maximum absolute atomic E-state index is 13.4. The molecule has 8 nitrogen and oxygen atoms in total. The van der Waals surface area contributed by atoms with E-state index in [1.807, 2.05) is 23.6 Å².